The molecule has 0 spiro atoms. The lowest BCUT2D eigenvalue weighted by atomic mass is 10.1. The average Bonchev–Trinajstić information content (AvgIpc) is 2.37. The maximum Gasteiger partial charge on any atom is 0.416 e. The van der Waals surface area contributed by atoms with Crippen molar-refractivity contribution in [2.45, 2.75) is 18.6 Å². The van der Waals surface area contributed by atoms with Crippen molar-refractivity contribution >= 4 is 11.8 Å². The summed E-state index contributed by atoms with van der Waals surface area (Å²) in [5.74, 6) is -1.59. The van der Waals surface area contributed by atoms with E-state index in [1.165, 1.54) is 12.1 Å². The van der Waals surface area contributed by atoms with E-state index in [1.807, 2.05) is 0 Å². The van der Waals surface area contributed by atoms with Gasteiger partial charge < -0.3 is 11.1 Å². The van der Waals surface area contributed by atoms with Crippen LogP contribution in [0.15, 0.2) is 36.9 Å². The Bertz CT molecular complexity index is 527. The molecule has 1 aromatic carbocycles. The van der Waals surface area contributed by atoms with Crippen molar-refractivity contribution in [2.75, 3.05) is 0 Å². The van der Waals surface area contributed by atoms with Gasteiger partial charge in [-0.2, -0.15) is 13.2 Å². The van der Waals surface area contributed by atoms with Gasteiger partial charge in [0, 0.05) is 5.56 Å². The Kier molecular flexibility index (Phi) is 4.90. The second-order valence-corrected chi connectivity index (χ2v) is 4.03. The minimum absolute atomic E-state index is 0.0973. The maximum absolute atomic E-state index is 12.5. The summed E-state index contributed by atoms with van der Waals surface area (Å²) in [7, 11) is 0. The molecule has 0 aliphatic rings. The van der Waals surface area contributed by atoms with Crippen molar-refractivity contribution in [1.29, 1.82) is 0 Å². The van der Waals surface area contributed by atoms with Gasteiger partial charge in [-0.25, -0.2) is 0 Å². The Hall–Kier alpha value is -2.31. The highest BCUT2D eigenvalue weighted by atomic mass is 19.4. The first-order valence-electron chi connectivity index (χ1n) is 5.64. The quantitative estimate of drug-likeness (QED) is 0.811. The third-order valence-corrected chi connectivity index (χ3v) is 2.50. The Morgan fingerprint density at radius 2 is 2.05 bits per heavy atom. The Balaban J connectivity index is 2.92. The van der Waals surface area contributed by atoms with E-state index in [-0.39, 0.29) is 12.0 Å². The number of primary amides is 1. The molecule has 0 heterocycles. The highest BCUT2D eigenvalue weighted by Gasteiger charge is 2.31. The number of carbonyl (C=O) groups is 2. The van der Waals surface area contributed by atoms with E-state index in [1.54, 1.807) is 0 Å². The van der Waals surface area contributed by atoms with Gasteiger partial charge >= 0.3 is 6.18 Å². The summed E-state index contributed by atoms with van der Waals surface area (Å²) in [6, 6.07) is 2.89. The predicted molar refractivity (Wildman–Crippen MR) is 66.7 cm³/mol. The van der Waals surface area contributed by atoms with Crippen LogP contribution in [-0.4, -0.2) is 17.9 Å². The molecular formula is C13H13F3N2O2. The van der Waals surface area contributed by atoms with Crippen LogP contribution in [0.4, 0.5) is 13.2 Å². The number of amides is 2. The topological polar surface area (TPSA) is 72.2 Å². The molecule has 7 heteroatoms. The molecule has 0 aromatic heterocycles. The van der Waals surface area contributed by atoms with Crippen LogP contribution < -0.4 is 11.1 Å². The lowest BCUT2D eigenvalue weighted by Gasteiger charge is -2.14. The van der Waals surface area contributed by atoms with Gasteiger partial charge in [0.2, 0.25) is 5.91 Å². The molecule has 1 aromatic rings. The third-order valence-electron chi connectivity index (χ3n) is 2.50. The molecule has 0 saturated carbocycles. The van der Waals surface area contributed by atoms with Gasteiger partial charge in [-0.3, -0.25) is 9.59 Å². The van der Waals surface area contributed by atoms with E-state index >= 15 is 0 Å². The van der Waals surface area contributed by atoms with Gasteiger partial charge in [-0.15, -0.1) is 6.58 Å². The number of carbonyl (C=O) groups excluding carboxylic acids is 2. The number of hydrogen-bond acceptors (Lipinski definition) is 2. The molecule has 0 aliphatic heterocycles. The number of benzene rings is 1. The zero-order valence-corrected chi connectivity index (χ0v) is 10.4. The van der Waals surface area contributed by atoms with Crippen molar-refractivity contribution in [3.05, 3.63) is 48.0 Å². The molecule has 0 bridgehead atoms. The average molecular weight is 286 g/mol. The third kappa shape index (κ3) is 4.11. The number of nitrogens with two attached hydrogens (primary N) is 1. The van der Waals surface area contributed by atoms with Gasteiger partial charge in [-0.1, -0.05) is 12.1 Å². The minimum atomic E-state index is -4.54. The molecule has 2 amide bonds. The first kappa shape index (κ1) is 15.7. The molecule has 0 aliphatic carbocycles. The summed E-state index contributed by atoms with van der Waals surface area (Å²) in [5.41, 5.74) is 3.93. The normalized spacial score (nSPS) is 12.6. The fraction of sp³-hybridized carbons (Fsp3) is 0.231. The number of nitrogens with one attached hydrogen (secondary N) is 1. The molecule has 0 fully saturated rings. The molecule has 0 unspecified atom stereocenters. The van der Waals surface area contributed by atoms with Crippen LogP contribution in [0.3, 0.4) is 0 Å². The zero-order chi connectivity index (χ0) is 15.3. The molecule has 4 nitrogen and oxygen atoms in total. The molecule has 0 radical (unpaired) electrons. The van der Waals surface area contributed by atoms with Crippen LogP contribution in [0.5, 0.6) is 0 Å². The smallest absolute Gasteiger partial charge is 0.368 e. The van der Waals surface area contributed by atoms with Gasteiger partial charge in [-0.05, 0) is 24.6 Å². The summed E-state index contributed by atoms with van der Waals surface area (Å²) in [4.78, 5) is 22.9. The van der Waals surface area contributed by atoms with E-state index in [4.69, 9.17) is 5.73 Å². The summed E-state index contributed by atoms with van der Waals surface area (Å²) >= 11 is 0. The molecule has 1 rings (SSSR count). The molecule has 3 N–H and O–H groups in total. The molecule has 0 saturated heterocycles. The number of rotatable bonds is 5. The molecule has 20 heavy (non-hydrogen) atoms. The molecule has 1 atom stereocenters. The van der Waals surface area contributed by atoms with E-state index in [0.717, 1.165) is 12.1 Å². The Morgan fingerprint density at radius 3 is 2.55 bits per heavy atom. The summed E-state index contributed by atoms with van der Waals surface area (Å²) in [5, 5.41) is 2.26. The monoisotopic (exact) mass is 286 g/mol. The molecular weight excluding hydrogens is 273 g/mol. The number of alkyl halides is 3. The zero-order valence-electron chi connectivity index (χ0n) is 10.4. The predicted octanol–water partition coefficient (Wildman–Crippen LogP) is 1.87. The van der Waals surface area contributed by atoms with Crippen LogP contribution in [0.25, 0.3) is 0 Å². The van der Waals surface area contributed by atoms with Crippen molar-refractivity contribution in [3.8, 4) is 0 Å². The van der Waals surface area contributed by atoms with Crippen LogP contribution in [0, 0.1) is 0 Å². The van der Waals surface area contributed by atoms with Crippen LogP contribution >= 0.6 is 0 Å². The Morgan fingerprint density at radius 1 is 1.40 bits per heavy atom. The lowest BCUT2D eigenvalue weighted by molar-refractivity contribution is -0.137. The van der Waals surface area contributed by atoms with Crippen molar-refractivity contribution < 1.29 is 22.8 Å². The van der Waals surface area contributed by atoms with E-state index in [9.17, 15) is 22.8 Å². The van der Waals surface area contributed by atoms with Crippen molar-refractivity contribution in [1.82, 2.24) is 5.32 Å². The largest absolute Gasteiger partial charge is 0.416 e. The second kappa shape index (κ2) is 6.23. The van der Waals surface area contributed by atoms with Crippen molar-refractivity contribution in [3.63, 3.8) is 0 Å². The van der Waals surface area contributed by atoms with Crippen LogP contribution in [0.2, 0.25) is 0 Å². The first-order valence-corrected chi connectivity index (χ1v) is 5.64. The fourth-order valence-electron chi connectivity index (χ4n) is 1.49. The summed E-state index contributed by atoms with van der Waals surface area (Å²) in [6.45, 7) is 3.40. The standard InChI is InChI=1S/C13H13F3N2O2/c1-2-4-10(11(17)19)18-12(20)8-5-3-6-9(7-8)13(14,15)16/h2-3,5-7,10H,1,4H2,(H2,17,19)(H,18,20)/t10-/m0/s1. The van der Waals surface area contributed by atoms with E-state index < -0.39 is 29.6 Å². The lowest BCUT2D eigenvalue weighted by Crippen LogP contribution is -2.44. The minimum Gasteiger partial charge on any atom is -0.368 e. The fourth-order valence-corrected chi connectivity index (χ4v) is 1.49. The first-order chi connectivity index (χ1) is 9.25. The number of hydrogen-bond donors (Lipinski definition) is 2. The molecule has 108 valence electrons. The SMILES string of the molecule is C=CC[C@H](NC(=O)c1cccc(C(F)(F)F)c1)C(N)=O. The summed E-state index contributed by atoms with van der Waals surface area (Å²) in [6.07, 6.45) is -3.07. The van der Waals surface area contributed by atoms with Crippen LogP contribution in [-0.2, 0) is 11.0 Å². The highest BCUT2D eigenvalue weighted by molar-refractivity contribution is 5.97. The van der Waals surface area contributed by atoms with Gasteiger partial charge in [0.1, 0.15) is 6.04 Å². The Labute approximate surface area is 113 Å². The van der Waals surface area contributed by atoms with Gasteiger partial charge in [0.25, 0.3) is 5.91 Å². The maximum atomic E-state index is 12.5. The highest BCUT2D eigenvalue weighted by Crippen LogP contribution is 2.29. The second-order valence-electron chi connectivity index (χ2n) is 4.03. The number of halogens is 3. The summed E-state index contributed by atoms with van der Waals surface area (Å²) < 4.78 is 37.6. The van der Waals surface area contributed by atoms with Gasteiger partial charge in [0.15, 0.2) is 0 Å². The van der Waals surface area contributed by atoms with Crippen molar-refractivity contribution in [2.24, 2.45) is 5.73 Å². The van der Waals surface area contributed by atoms with E-state index in [2.05, 4.69) is 11.9 Å². The van der Waals surface area contributed by atoms with E-state index in [0.29, 0.717) is 6.07 Å². The van der Waals surface area contributed by atoms with Crippen LogP contribution in [0.1, 0.15) is 22.3 Å². The van der Waals surface area contributed by atoms with Gasteiger partial charge in [0.05, 0.1) is 5.56 Å².